The summed E-state index contributed by atoms with van der Waals surface area (Å²) in [6, 6.07) is 9.00. The molecular formula is C17H15BrN4O2S. The third-order valence-electron chi connectivity index (χ3n) is 3.60. The summed E-state index contributed by atoms with van der Waals surface area (Å²) in [6.07, 6.45) is 5.20. The zero-order chi connectivity index (χ0) is 17.8. The Morgan fingerprint density at radius 1 is 1.28 bits per heavy atom. The number of halogens is 1. The smallest absolute Gasteiger partial charge is 0.261 e. The largest absolute Gasteiger partial charge is 0.325 e. The lowest BCUT2D eigenvalue weighted by molar-refractivity contribution is -0.116. The topological polar surface area (TPSA) is 76.9 Å². The van der Waals surface area contributed by atoms with E-state index in [4.69, 9.17) is 0 Å². The van der Waals surface area contributed by atoms with Gasteiger partial charge in [0.05, 0.1) is 34.1 Å². The van der Waals surface area contributed by atoms with E-state index in [1.807, 2.05) is 18.4 Å². The SMILES string of the molecule is CSc1ccc(NC(=O)CCn2cnc3ccc(Br)cc3c2=O)cn1. The van der Waals surface area contributed by atoms with Crippen molar-refractivity contribution in [3.8, 4) is 0 Å². The van der Waals surface area contributed by atoms with Gasteiger partial charge in [-0.05, 0) is 36.6 Å². The van der Waals surface area contributed by atoms with Gasteiger partial charge in [-0.3, -0.25) is 14.2 Å². The van der Waals surface area contributed by atoms with E-state index in [2.05, 4.69) is 31.2 Å². The Hall–Kier alpha value is -2.19. The highest BCUT2D eigenvalue weighted by Crippen LogP contribution is 2.15. The highest BCUT2D eigenvalue weighted by molar-refractivity contribution is 9.10. The molecule has 6 nitrogen and oxygen atoms in total. The first kappa shape index (κ1) is 17.6. The van der Waals surface area contributed by atoms with Crippen LogP contribution < -0.4 is 10.9 Å². The van der Waals surface area contributed by atoms with Crippen molar-refractivity contribution in [2.45, 2.75) is 18.0 Å². The third-order valence-corrected chi connectivity index (χ3v) is 4.75. The highest BCUT2D eigenvalue weighted by atomic mass is 79.9. The fourth-order valence-electron chi connectivity index (χ4n) is 2.31. The minimum Gasteiger partial charge on any atom is -0.325 e. The number of amides is 1. The summed E-state index contributed by atoms with van der Waals surface area (Å²) >= 11 is 4.89. The second-order valence-electron chi connectivity index (χ2n) is 5.29. The van der Waals surface area contributed by atoms with Crippen molar-refractivity contribution in [1.82, 2.24) is 14.5 Å². The van der Waals surface area contributed by atoms with E-state index in [1.165, 1.54) is 22.7 Å². The van der Waals surface area contributed by atoms with Crippen LogP contribution in [0.3, 0.4) is 0 Å². The Bertz CT molecular complexity index is 973. The van der Waals surface area contributed by atoms with Gasteiger partial charge in [0.15, 0.2) is 0 Å². The van der Waals surface area contributed by atoms with Crippen molar-refractivity contribution >= 4 is 50.2 Å². The summed E-state index contributed by atoms with van der Waals surface area (Å²) in [5.74, 6) is -0.181. The molecule has 0 aliphatic rings. The summed E-state index contributed by atoms with van der Waals surface area (Å²) in [5.41, 5.74) is 1.11. The predicted molar refractivity (Wildman–Crippen MR) is 103 cm³/mol. The van der Waals surface area contributed by atoms with E-state index in [1.54, 1.807) is 24.4 Å². The van der Waals surface area contributed by atoms with E-state index < -0.39 is 0 Å². The van der Waals surface area contributed by atoms with Crippen LogP contribution in [0.25, 0.3) is 10.9 Å². The number of carbonyl (C=O) groups excluding carboxylic acids is 1. The molecule has 8 heteroatoms. The molecule has 0 unspecified atom stereocenters. The average Bonchev–Trinajstić information content (AvgIpc) is 2.62. The van der Waals surface area contributed by atoms with Crippen molar-refractivity contribution in [2.24, 2.45) is 0 Å². The molecule has 0 atom stereocenters. The molecule has 1 aromatic carbocycles. The number of benzene rings is 1. The van der Waals surface area contributed by atoms with Gasteiger partial charge in [-0.2, -0.15) is 0 Å². The van der Waals surface area contributed by atoms with Gasteiger partial charge in [0, 0.05) is 17.4 Å². The zero-order valence-electron chi connectivity index (χ0n) is 13.4. The first-order chi connectivity index (χ1) is 12.1. The Balaban J connectivity index is 1.68. The second-order valence-corrected chi connectivity index (χ2v) is 7.03. The molecule has 128 valence electrons. The molecule has 0 saturated heterocycles. The van der Waals surface area contributed by atoms with Gasteiger partial charge in [-0.1, -0.05) is 15.9 Å². The number of anilines is 1. The molecule has 0 aliphatic heterocycles. The molecule has 0 spiro atoms. The van der Waals surface area contributed by atoms with Gasteiger partial charge in [0.1, 0.15) is 0 Å². The Labute approximate surface area is 156 Å². The highest BCUT2D eigenvalue weighted by Gasteiger charge is 2.08. The quantitative estimate of drug-likeness (QED) is 0.643. The lowest BCUT2D eigenvalue weighted by Gasteiger charge is -2.08. The van der Waals surface area contributed by atoms with Crippen molar-refractivity contribution in [3.05, 3.63) is 57.7 Å². The molecule has 1 N–H and O–H groups in total. The zero-order valence-corrected chi connectivity index (χ0v) is 15.8. The third kappa shape index (κ3) is 4.26. The fraction of sp³-hybridized carbons (Fsp3) is 0.176. The number of hydrogen-bond acceptors (Lipinski definition) is 5. The van der Waals surface area contributed by atoms with Crippen LogP contribution in [0.5, 0.6) is 0 Å². The molecule has 0 bridgehead atoms. The first-order valence-corrected chi connectivity index (χ1v) is 9.53. The monoisotopic (exact) mass is 418 g/mol. The standard InChI is InChI=1S/C17H15BrN4O2S/c1-25-16-5-3-12(9-19-16)21-15(23)6-7-22-10-20-14-4-2-11(18)8-13(14)17(22)24/h2-5,8-10H,6-7H2,1H3,(H,21,23). The predicted octanol–water partition coefficient (Wildman–Crippen LogP) is 3.30. The number of rotatable bonds is 5. The van der Waals surface area contributed by atoms with Crippen LogP contribution in [0.1, 0.15) is 6.42 Å². The van der Waals surface area contributed by atoms with Crippen LogP contribution in [-0.4, -0.2) is 26.7 Å². The summed E-state index contributed by atoms with van der Waals surface area (Å²) < 4.78 is 2.26. The molecule has 3 aromatic rings. The lowest BCUT2D eigenvalue weighted by Crippen LogP contribution is -2.23. The Morgan fingerprint density at radius 3 is 2.84 bits per heavy atom. The molecular weight excluding hydrogens is 404 g/mol. The van der Waals surface area contributed by atoms with Crippen LogP contribution in [0.15, 0.2) is 57.1 Å². The van der Waals surface area contributed by atoms with Crippen LogP contribution in [0.4, 0.5) is 5.69 Å². The molecule has 0 aliphatic carbocycles. The van der Waals surface area contributed by atoms with Gasteiger partial charge in [0.2, 0.25) is 5.91 Å². The fourth-order valence-corrected chi connectivity index (χ4v) is 3.03. The molecule has 2 heterocycles. The first-order valence-electron chi connectivity index (χ1n) is 7.51. The number of thioether (sulfide) groups is 1. The van der Waals surface area contributed by atoms with E-state index in [0.29, 0.717) is 16.6 Å². The summed E-state index contributed by atoms with van der Waals surface area (Å²) in [5, 5.41) is 4.18. The van der Waals surface area contributed by atoms with Gasteiger partial charge in [-0.25, -0.2) is 9.97 Å². The van der Waals surface area contributed by atoms with Crippen molar-refractivity contribution in [3.63, 3.8) is 0 Å². The Kier molecular flexibility index (Phi) is 5.50. The van der Waals surface area contributed by atoms with Crippen LogP contribution in [0, 0.1) is 0 Å². The number of fused-ring (bicyclic) bond motifs is 1. The summed E-state index contributed by atoms with van der Waals surface area (Å²) in [7, 11) is 0. The van der Waals surface area contributed by atoms with Crippen molar-refractivity contribution in [1.29, 1.82) is 0 Å². The van der Waals surface area contributed by atoms with Crippen LogP contribution >= 0.6 is 27.7 Å². The lowest BCUT2D eigenvalue weighted by atomic mass is 10.2. The molecule has 25 heavy (non-hydrogen) atoms. The number of aromatic nitrogens is 3. The maximum absolute atomic E-state index is 12.5. The normalized spacial score (nSPS) is 10.8. The molecule has 0 fully saturated rings. The average molecular weight is 419 g/mol. The minimum atomic E-state index is -0.181. The molecule has 0 radical (unpaired) electrons. The number of pyridine rings is 1. The molecule has 0 saturated carbocycles. The summed E-state index contributed by atoms with van der Waals surface area (Å²) in [6.45, 7) is 0.260. The van der Waals surface area contributed by atoms with Gasteiger partial charge in [-0.15, -0.1) is 11.8 Å². The van der Waals surface area contributed by atoms with Gasteiger partial charge in [0.25, 0.3) is 5.56 Å². The Morgan fingerprint density at radius 2 is 2.12 bits per heavy atom. The van der Waals surface area contributed by atoms with E-state index >= 15 is 0 Å². The van der Waals surface area contributed by atoms with Crippen LogP contribution in [-0.2, 0) is 11.3 Å². The number of hydrogen-bond donors (Lipinski definition) is 1. The number of nitrogens with zero attached hydrogens (tertiary/aromatic N) is 3. The number of carbonyl (C=O) groups is 1. The van der Waals surface area contributed by atoms with E-state index in [-0.39, 0.29) is 24.4 Å². The summed E-state index contributed by atoms with van der Waals surface area (Å²) in [4.78, 5) is 33.0. The molecule has 2 aromatic heterocycles. The van der Waals surface area contributed by atoms with Crippen LogP contribution in [0.2, 0.25) is 0 Å². The van der Waals surface area contributed by atoms with Gasteiger partial charge < -0.3 is 5.32 Å². The van der Waals surface area contributed by atoms with Gasteiger partial charge >= 0.3 is 0 Å². The maximum Gasteiger partial charge on any atom is 0.261 e. The van der Waals surface area contributed by atoms with E-state index in [9.17, 15) is 9.59 Å². The number of aryl methyl sites for hydroxylation is 1. The molecule has 1 amide bonds. The minimum absolute atomic E-state index is 0.162. The second kappa shape index (κ2) is 7.79. The van der Waals surface area contributed by atoms with Crippen molar-refractivity contribution in [2.75, 3.05) is 11.6 Å². The molecule has 3 rings (SSSR count). The maximum atomic E-state index is 12.5. The van der Waals surface area contributed by atoms with Crippen molar-refractivity contribution < 1.29 is 4.79 Å². The number of nitrogens with one attached hydrogen (secondary N) is 1. The van der Waals surface area contributed by atoms with E-state index in [0.717, 1.165) is 9.50 Å².